The molecule has 0 bridgehead atoms. The van der Waals surface area contributed by atoms with Gasteiger partial charge in [0.1, 0.15) is 6.61 Å². The summed E-state index contributed by atoms with van der Waals surface area (Å²) in [6, 6.07) is 0. The van der Waals surface area contributed by atoms with Crippen molar-refractivity contribution in [3.63, 3.8) is 0 Å². The first-order valence-electron chi connectivity index (χ1n) is 41.5. The Balaban J connectivity index is -0.000000785. The Bertz CT molecular complexity index is 1370. The van der Waals surface area contributed by atoms with Crippen molar-refractivity contribution >= 4 is 46.9 Å². The Morgan fingerprint density at radius 3 is 0.559 bits per heavy atom. The van der Waals surface area contributed by atoms with Crippen LogP contribution < -0.4 is 10.2 Å². The smallest absolute Gasteiger partial charge is 0.550 e. The van der Waals surface area contributed by atoms with Crippen molar-refractivity contribution in [3.05, 3.63) is 0 Å². The van der Waals surface area contributed by atoms with E-state index >= 15 is 0 Å². The van der Waals surface area contributed by atoms with Gasteiger partial charge in [-0.3, -0.25) is 9.59 Å². The average Bonchev–Trinajstić information content (AvgIpc) is 3.72. The van der Waals surface area contributed by atoms with E-state index in [4.69, 9.17) is 9.47 Å². The van der Waals surface area contributed by atoms with Crippen LogP contribution in [0.15, 0.2) is 0 Å². The van der Waals surface area contributed by atoms with Gasteiger partial charge in [-0.05, 0) is 38.5 Å². The third kappa shape index (κ3) is 97.1. The zero-order valence-corrected chi connectivity index (χ0v) is 64.7. The van der Waals surface area contributed by atoms with E-state index in [0.717, 1.165) is 57.8 Å². The molecule has 0 aromatic heterocycles. The van der Waals surface area contributed by atoms with Gasteiger partial charge in [-0.2, -0.15) is 0 Å². The van der Waals surface area contributed by atoms with Gasteiger partial charge in [0.05, 0.1) is 6.61 Å². The fourth-order valence-corrected chi connectivity index (χ4v) is 12.6. The third-order valence-corrected chi connectivity index (χ3v) is 18.9. The minimum absolute atomic E-state index is 0. The second-order valence-electron chi connectivity index (χ2n) is 28.3. The summed E-state index contributed by atoms with van der Waals surface area (Å²) in [7, 11) is 0. The molecule has 0 saturated heterocycles. The largest absolute Gasteiger partial charge is 2.00 e. The number of hydrogen-bond donors (Lipinski definition) is 1. The zero-order chi connectivity index (χ0) is 67.6. The molecule has 0 spiro atoms. The van der Waals surface area contributed by atoms with E-state index in [1.165, 1.54) is 379 Å². The molecule has 0 amide bonds. The number of carboxylic acids is 2. The van der Waals surface area contributed by atoms with Crippen LogP contribution in [0.25, 0.3) is 0 Å². The molecule has 1 N–H and O–H groups in total. The predicted octanol–water partition coefficient (Wildman–Crippen LogP) is 24.7. The summed E-state index contributed by atoms with van der Waals surface area (Å²) < 4.78 is 10.7. The van der Waals surface area contributed by atoms with Crippen LogP contribution in [0.1, 0.15) is 490 Å². The van der Waals surface area contributed by atoms with E-state index in [1.807, 2.05) is 0 Å². The van der Waals surface area contributed by atoms with Crippen molar-refractivity contribution in [2.45, 2.75) is 496 Å². The first-order valence-corrected chi connectivity index (χ1v) is 41.5. The number of hydrogen-bond acceptors (Lipinski definition) is 9. The van der Waals surface area contributed by atoms with Gasteiger partial charge in [0.25, 0.3) is 0 Å². The van der Waals surface area contributed by atoms with Crippen molar-refractivity contribution in [1.82, 2.24) is 0 Å². The summed E-state index contributed by atoms with van der Waals surface area (Å²) in [6.07, 6.45) is 90.1. The Kier molecular flexibility index (Phi) is 95.5. The molecule has 550 valence electrons. The molecule has 0 rings (SSSR count). The first kappa shape index (κ1) is 98.0. The van der Waals surface area contributed by atoms with Gasteiger partial charge in [0.2, 0.25) is 0 Å². The molecule has 0 aliphatic heterocycles. The number of ether oxygens (including phenoxy) is 2. The third-order valence-electron chi connectivity index (χ3n) is 18.9. The van der Waals surface area contributed by atoms with Crippen LogP contribution in [-0.2, 0) is 28.7 Å². The summed E-state index contributed by atoms with van der Waals surface area (Å²) in [6.45, 7) is 8.72. The molecule has 1 unspecified atom stereocenters. The zero-order valence-electron chi connectivity index (χ0n) is 63.3. The van der Waals surface area contributed by atoms with Gasteiger partial charge in [0, 0.05) is 24.8 Å². The molecule has 0 saturated carbocycles. The topological polar surface area (TPSA) is 153 Å². The Morgan fingerprint density at radius 2 is 0.398 bits per heavy atom. The Hall–Kier alpha value is -1.39. The first-order chi connectivity index (χ1) is 45.2. The summed E-state index contributed by atoms with van der Waals surface area (Å²) in [4.78, 5) is 44.8. The Morgan fingerprint density at radius 1 is 0.247 bits per heavy atom. The van der Waals surface area contributed by atoms with Crippen molar-refractivity contribution in [2.75, 3.05) is 13.2 Å². The number of aliphatic hydroxyl groups excluding tert-OH is 1. The average molecular weight is 1330 g/mol. The van der Waals surface area contributed by atoms with Gasteiger partial charge < -0.3 is 34.4 Å². The van der Waals surface area contributed by atoms with E-state index in [2.05, 4.69) is 27.7 Å². The normalized spacial score (nSPS) is 11.4. The molecule has 0 aliphatic rings. The van der Waals surface area contributed by atoms with Gasteiger partial charge in [0.15, 0.2) is 6.10 Å². The summed E-state index contributed by atoms with van der Waals surface area (Å²) in [5.74, 6) is -2.37. The van der Waals surface area contributed by atoms with Crippen LogP contribution >= 0.6 is 0 Å². The second kappa shape index (κ2) is 90.6. The summed E-state index contributed by atoms with van der Waals surface area (Å²) in [5.41, 5.74) is 0. The molecule has 1 atom stereocenters. The van der Waals surface area contributed by atoms with E-state index in [-0.39, 0.29) is 61.0 Å². The minimum Gasteiger partial charge on any atom is -0.550 e. The molecule has 0 aromatic carbocycles. The summed E-state index contributed by atoms with van der Waals surface area (Å²) >= 11 is 0. The molecule has 0 radical (unpaired) electrons. The molecule has 10 heteroatoms. The van der Waals surface area contributed by atoms with E-state index in [0.29, 0.717) is 12.8 Å². The fourth-order valence-electron chi connectivity index (χ4n) is 12.6. The monoisotopic (exact) mass is 1330 g/mol. The number of carbonyl (C=O) groups excluding carboxylic acids is 4. The van der Waals surface area contributed by atoms with Crippen LogP contribution in [0.4, 0.5) is 0 Å². The van der Waals surface area contributed by atoms with Crippen LogP contribution in [0, 0.1) is 0 Å². The van der Waals surface area contributed by atoms with Gasteiger partial charge in [-0.25, -0.2) is 0 Å². The number of unbranched alkanes of at least 4 members (excludes halogenated alkanes) is 64. The fraction of sp³-hybridized carbons (Fsp3) is 0.952. The molecule has 9 nitrogen and oxygen atoms in total. The van der Waals surface area contributed by atoms with Gasteiger partial charge in [-0.15, -0.1) is 0 Å². The van der Waals surface area contributed by atoms with Crippen molar-refractivity contribution in [1.29, 1.82) is 0 Å². The minimum atomic E-state index is -0.903. The summed E-state index contributed by atoms with van der Waals surface area (Å²) in [5, 5.41) is 30.0. The van der Waals surface area contributed by atoms with E-state index < -0.39 is 18.0 Å². The number of carboxylic acid groups (broad SMARTS) is 2. The molecule has 0 aliphatic carbocycles. The molecular formula is C83H162MgO9. The van der Waals surface area contributed by atoms with Crippen LogP contribution in [0.5, 0.6) is 0 Å². The molecule has 0 heterocycles. The number of esters is 2. The number of aliphatic carboxylic acids is 2. The predicted molar refractivity (Wildman–Crippen MR) is 399 cm³/mol. The molecule has 0 aromatic rings. The van der Waals surface area contributed by atoms with E-state index in [9.17, 15) is 34.5 Å². The Labute approximate surface area is 596 Å². The molecule has 93 heavy (non-hydrogen) atoms. The number of rotatable bonds is 76. The SMILES string of the molecule is CCCCCCCCCCCCCCCCCC(=O)[O-].CCCCCCCCCCCCCCCCCC(=O)[O-].CCCCCCCCCCCCCCCCCCCCCC(=O)OCC(CO)OC(=O)CCCCCCCCCCCCCCCCCCCCC.[Mg+2]. The molecule has 0 fully saturated rings. The van der Waals surface area contributed by atoms with Crippen LogP contribution in [0.2, 0.25) is 0 Å². The maximum atomic E-state index is 12.2. The van der Waals surface area contributed by atoms with E-state index in [1.54, 1.807) is 0 Å². The van der Waals surface area contributed by atoms with Crippen molar-refractivity contribution < 1.29 is 44.0 Å². The number of aliphatic hydroxyl groups is 1. The number of carbonyl (C=O) groups is 4. The van der Waals surface area contributed by atoms with Crippen molar-refractivity contribution in [3.8, 4) is 0 Å². The maximum Gasteiger partial charge on any atom is 2.00 e. The second-order valence-corrected chi connectivity index (χ2v) is 28.3. The van der Waals surface area contributed by atoms with Crippen LogP contribution in [-0.4, -0.2) is 71.4 Å². The van der Waals surface area contributed by atoms with Gasteiger partial charge >= 0.3 is 35.0 Å². The molecular weight excluding hydrogens is 1170 g/mol. The van der Waals surface area contributed by atoms with Gasteiger partial charge in [-0.1, -0.05) is 439 Å². The maximum absolute atomic E-state index is 12.2. The quantitative estimate of drug-likeness (QED) is 0.0356. The standard InChI is InChI=1S/C47H92O5.2C18H36O2.Mg/c1-3-5-7-9-11-13-15-17-19-21-23-25-27-29-31-33-35-37-39-41-46(49)51-44-45(43-48)52-47(50)42-40-38-36-34-32-30-28-26-24-22-20-18-16-14-12-10-8-6-4-2;2*1-2-3-4-5-6-7-8-9-10-11-12-13-14-15-16-17-18(19)20;/h45,48H,3-44H2,1-2H3;2*2-17H2,1H3,(H,19,20);/q;;;+2/p-2. The van der Waals surface area contributed by atoms with Crippen molar-refractivity contribution in [2.24, 2.45) is 0 Å². The van der Waals surface area contributed by atoms with Crippen LogP contribution in [0.3, 0.4) is 0 Å².